The Labute approximate surface area is 54.3 Å². The van der Waals surface area contributed by atoms with Crippen molar-refractivity contribution >= 4 is 6.21 Å². The average molecular weight is 129 g/mol. The molecule has 1 aliphatic rings. The van der Waals surface area contributed by atoms with Crippen LogP contribution in [0.3, 0.4) is 0 Å². The molecule has 1 fully saturated rings. The van der Waals surface area contributed by atoms with Crippen molar-refractivity contribution in [3.63, 3.8) is 0 Å². The SMILES string of the molecule is ON=CCCCC1CO1. The van der Waals surface area contributed by atoms with Crippen LogP contribution < -0.4 is 0 Å². The van der Waals surface area contributed by atoms with Gasteiger partial charge in [-0.25, -0.2) is 0 Å². The van der Waals surface area contributed by atoms with E-state index in [0.717, 1.165) is 25.9 Å². The largest absolute Gasteiger partial charge is 0.411 e. The molecule has 1 N–H and O–H groups in total. The molecule has 0 bridgehead atoms. The van der Waals surface area contributed by atoms with E-state index in [1.807, 2.05) is 0 Å². The number of hydrogen-bond acceptors (Lipinski definition) is 3. The lowest BCUT2D eigenvalue weighted by Gasteiger charge is -1.87. The molecule has 3 heteroatoms. The van der Waals surface area contributed by atoms with Crippen molar-refractivity contribution < 1.29 is 9.94 Å². The van der Waals surface area contributed by atoms with E-state index in [9.17, 15) is 0 Å². The van der Waals surface area contributed by atoms with Gasteiger partial charge in [-0.1, -0.05) is 0 Å². The quantitative estimate of drug-likeness (QED) is 0.202. The summed E-state index contributed by atoms with van der Waals surface area (Å²) in [5.74, 6) is 0. The van der Waals surface area contributed by atoms with Crippen LogP contribution in [0, 0.1) is 0 Å². The molecule has 1 unspecified atom stereocenters. The van der Waals surface area contributed by atoms with Gasteiger partial charge in [0.15, 0.2) is 0 Å². The lowest BCUT2D eigenvalue weighted by molar-refractivity contribution is 0.320. The molecule has 0 aliphatic carbocycles. The fraction of sp³-hybridized carbons (Fsp3) is 0.833. The number of ether oxygens (including phenoxy) is 1. The highest BCUT2D eigenvalue weighted by Gasteiger charge is 2.20. The van der Waals surface area contributed by atoms with Gasteiger partial charge in [0.1, 0.15) is 0 Å². The lowest BCUT2D eigenvalue weighted by atomic mass is 10.2. The van der Waals surface area contributed by atoms with Crippen LogP contribution >= 0.6 is 0 Å². The Morgan fingerprint density at radius 1 is 1.78 bits per heavy atom. The first-order valence-electron chi connectivity index (χ1n) is 3.21. The van der Waals surface area contributed by atoms with Crippen molar-refractivity contribution in [2.24, 2.45) is 5.16 Å². The molecule has 0 aromatic heterocycles. The molecule has 0 radical (unpaired) electrons. The molecule has 52 valence electrons. The summed E-state index contributed by atoms with van der Waals surface area (Å²) in [4.78, 5) is 0. The van der Waals surface area contributed by atoms with Crippen LogP contribution in [0.2, 0.25) is 0 Å². The first-order chi connectivity index (χ1) is 4.43. The summed E-state index contributed by atoms with van der Waals surface area (Å²) in [5.41, 5.74) is 0. The van der Waals surface area contributed by atoms with Gasteiger partial charge in [-0.15, -0.1) is 5.16 Å². The minimum absolute atomic E-state index is 0.511. The Morgan fingerprint density at radius 2 is 2.56 bits per heavy atom. The Kier molecular flexibility index (Phi) is 2.51. The maximum Gasteiger partial charge on any atom is 0.0810 e. The molecule has 3 nitrogen and oxygen atoms in total. The second-order valence-corrected chi connectivity index (χ2v) is 2.18. The molecule has 0 aromatic rings. The lowest BCUT2D eigenvalue weighted by Crippen LogP contribution is -1.85. The summed E-state index contributed by atoms with van der Waals surface area (Å²) in [5, 5.41) is 10.9. The van der Waals surface area contributed by atoms with Crippen molar-refractivity contribution in [1.82, 2.24) is 0 Å². The van der Waals surface area contributed by atoms with Gasteiger partial charge >= 0.3 is 0 Å². The van der Waals surface area contributed by atoms with E-state index in [4.69, 9.17) is 9.94 Å². The highest BCUT2D eigenvalue weighted by Crippen LogP contribution is 2.15. The normalized spacial score (nSPS) is 25.1. The molecular formula is C6H11NO2. The van der Waals surface area contributed by atoms with E-state index in [1.165, 1.54) is 6.21 Å². The van der Waals surface area contributed by atoms with Gasteiger partial charge in [0.2, 0.25) is 0 Å². The fourth-order valence-corrected chi connectivity index (χ4v) is 0.729. The average Bonchev–Trinajstić information content (AvgIpc) is 2.63. The first kappa shape index (κ1) is 6.55. The predicted octanol–water partition coefficient (Wildman–Crippen LogP) is 1.02. The maximum absolute atomic E-state index is 7.99. The zero-order chi connectivity index (χ0) is 6.53. The fourth-order valence-electron chi connectivity index (χ4n) is 0.729. The van der Waals surface area contributed by atoms with Gasteiger partial charge in [0.05, 0.1) is 12.7 Å². The minimum Gasteiger partial charge on any atom is -0.411 e. The van der Waals surface area contributed by atoms with Crippen LogP contribution in [0.15, 0.2) is 5.16 Å². The monoisotopic (exact) mass is 129 g/mol. The second-order valence-electron chi connectivity index (χ2n) is 2.18. The zero-order valence-electron chi connectivity index (χ0n) is 5.29. The van der Waals surface area contributed by atoms with Crippen molar-refractivity contribution in [3.05, 3.63) is 0 Å². The van der Waals surface area contributed by atoms with Gasteiger partial charge in [-0.3, -0.25) is 0 Å². The molecule has 1 atom stereocenters. The molecule has 0 amide bonds. The van der Waals surface area contributed by atoms with Crippen molar-refractivity contribution in [3.8, 4) is 0 Å². The van der Waals surface area contributed by atoms with Crippen molar-refractivity contribution in [2.75, 3.05) is 6.61 Å². The topological polar surface area (TPSA) is 45.1 Å². The molecule has 0 spiro atoms. The van der Waals surface area contributed by atoms with Crippen LogP contribution in [0.1, 0.15) is 19.3 Å². The summed E-state index contributed by atoms with van der Waals surface area (Å²) in [6.07, 6.45) is 5.05. The summed E-state index contributed by atoms with van der Waals surface area (Å²) >= 11 is 0. The molecular weight excluding hydrogens is 118 g/mol. The first-order valence-corrected chi connectivity index (χ1v) is 3.21. The number of rotatable bonds is 4. The molecule has 0 saturated carbocycles. The standard InChI is InChI=1S/C6H11NO2/c8-7-4-2-1-3-6-5-9-6/h4,6,8H,1-3,5H2. The molecule has 9 heavy (non-hydrogen) atoms. The third-order valence-electron chi connectivity index (χ3n) is 1.34. The number of nitrogens with zero attached hydrogens (tertiary/aromatic N) is 1. The summed E-state index contributed by atoms with van der Waals surface area (Å²) < 4.78 is 4.98. The summed E-state index contributed by atoms with van der Waals surface area (Å²) in [6.45, 7) is 0.927. The van der Waals surface area contributed by atoms with Gasteiger partial charge in [0, 0.05) is 6.21 Å². The smallest absolute Gasteiger partial charge is 0.0810 e. The van der Waals surface area contributed by atoms with Gasteiger partial charge < -0.3 is 9.94 Å². The molecule has 1 rings (SSSR count). The van der Waals surface area contributed by atoms with Crippen LogP contribution in [-0.4, -0.2) is 24.1 Å². The number of epoxide rings is 1. The van der Waals surface area contributed by atoms with Gasteiger partial charge in [-0.05, 0) is 19.3 Å². The predicted molar refractivity (Wildman–Crippen MR) is 33.9 cm³/mol. The van der Waals surface area contributed by atoms with E-state index < -0.39 is 0 Å². The molecule has 1 heterocycles. The van der Waals surface area contributed by atoms with Crippen LogP contribution in [-0.2, 0) is 4.74 Å². The Bertz CT molecular complexity index is 99.2. The number of hydrogen-bond donors (Lipinski definition) is 1. The van der Waals surface area contributed by atoms with Gasteiger partial charge in [0.25, 0.3) is 0 Å². The van der Waals surface area contributed by atoms with E-state index in [2.05, 4.69) is 5.16 Å². The highest BCUT2D eigenvalue weighted by atomic mass is 16.6. The Morgan fingerprint density at radius 3 is 3.11 bits per heavy atom. The Balaban J connectivity index is 1.81. The van der Waals surface area contributed by atoms with Crippen molar-refractivity contribution in [1.29, 1.82) is 0 Å². The molecule has 1 saturated heterocycles. The number of unbranched alkanes of at least 4 members (excludes halogenated alkanes) is 1. The van der Waals surface area contributed by atoms with Crippen LogP contribution in [0.5, 0.6) is 0 Å². The Hall–Kier alpha value is -0.570. The van der Waals surface area contributed by atoms with E-state index in [-0.39, 0.29) is 0 Å². The zero-order valence-corrected chi connectivity index (χ0v) is 5.29. The minimum atomic E-state index is 0.511. The maximum atomic E-state index is 7.99. The number of oxime groups is 1. The third kappa shape index (κ3) is 3.08. The molecule has 0 aromatic carbocycles. The van der Waals surface area contributed by atoms with Crippen molar-refractivity contribution in [2.45, 2.75) is 25.4 Å². The summed E-state index contributed by atoms with van der Waals surface area (Å²) in [7, 11) is 0. The van der Waals surface area contributed by atoms with E-state index in [0.29, 0.717) is 6.10 Å². The van der Waals surface area contributed by atoms with Crippen LogP contribution in [0.4, 0.5) is 0 Å². The third-order valence-corrected chi connectivity index (χ3v) is 1.34. The van der Waals surface area contributed by atoms with E-state index >= 15 is 0 Å². The van der Waals surface area contributed by atoms with Gasteiger partial charge in [-0.2, -0.15) is 0 Å². The van der Waals surface area contributed by atoms with E-state index in [1.54, 1.807) is 0 Å². The molecule has 1 aliphatic heterocycles. The highest BCUT2D eigenvalue weighted by molar-refractivity contribution is 5.55. The summed E-state index contributed by atoms with van der Waals surface area (Å²) in [6, 6.07) is 0. The second kappa shape index (κ2) is 3.45. The van der Waals surface area contributed by atoms with Crippen LogP contribution in [0.25, 0.3) is 0 Å².